The number of nitrogens with one attached hydrogen (secondary N) is 2. The molecule has 0 spiro atoms. The summed E-state index contributed by atoms with van der Waals surface area (Å²) >= 11 is 0.888. The fourth-order valence-corrected chi connectivity index (χ4v) is 4.10. The zero-order valence-electron chi connectivity index (χ0n) is 15.9. The molecule has 1 aliphatic rings. The molecule has 2 N–H and O–H groups in total. The SMILES string of the molecule is O=C(Cc1c[nH]c2ccc(F)cc12)NCCN1C(=O)SC(=Cc2ccccc2)C1=O. The number of imide groups is 1. The average Bonchev–Trinajstić information content (AvgIpc) is 3.24. The normalized spacial score (nSPS) is 15.4. The largest absolute Gasteiger partial charge is 0.361 e. The van der Waals surface area contributed by atoms with Gasteiger partial charge in [0.1, 0.15) is 5.82 Å². The molecule has 1 saturated heterocycles. The summed E-state index contributed by atoms with van der Waals surface area (Å²) < 4.78 is 13.5. The summed E-state index contributed by atoms with van der Waals surface area (Å²) in [5.74, 6) is -1.01. The minimum Gasteiger partial charge on any atom is -0.361 e. The van der Waals surface area contributed by atoms with Crippen LogP contribution in [0.2, 0.25) is 0 Å². The standard InChI is InChI=1S/C22H18FN3O3S/c23-16-6-7-18-17(12-16)15(13-25-18)11-20(27)24-8-9-26-21(28)19(30-22(26)29)10-14-4-2-1-3-5-14/h1-7,10,12-13,25H,8-9,11H2,(H,24,27). The van der Waals surface area contributed by atoms with E-state index in [1.165, 1.54) is 12.1 Å². The second-order valence-corrected chi connectivity index (χ2v) is 7.77. The van der Waals surface area contributed by atoms with E-state index < -0.39 is 0 Å². The number of nitrogens with zero attached hydrogens (tertiary/aromatic N) is 1. The van der Waals surface area contributed by atoms with Crippen LogP contribution in [-0.2, 0) is 16.0 Å². The molecule has 30 heavy (non-hydrogen) atoms. The molecule has 2 heterocycles. The van der Waals surface area contributed by atoms with Gasteiger partial charge in [0.2, 0.25) is 5.91 Å². The van der Waals surface area contributed by atoms with Gasteiger partial charge in [0.05, 0.1) is 11.3 Å². The smallest absolute Gasteiger partial charge is 0.293 e. The maximum Gasteiger partial charge on any atom is 0.293 e. The van der Waals surface area contributed by atoms with Gasteiger partial charge in [-0.2, -0.15) is 0 Å². The number of thioether (sulfide) groups is 1. The van der Waals surface area contributed by atoms with Gasteiger partial charge in [0.15, 0.2) is 0 Å². The number of hydrogen-bond acceptors (Lipinski definition) is 4. The molecule has 1 aromatic heterocycles. The second kappa shape index (κ2) is 8.54. The summed E-state index contributed by atoms with van der Waals surface area (Å²) in [5, 5.41) is 3.01. The lowest BCUT2D eigenvalue weighted by atomic mass is 10.1. The van der Waals surface area contributed by atoms with Crippen LogP contribution in [0.4, 0.5) is 9.18 Å². The molecule has 1 fully saturated rings. The van der Waals surface area contributed by atoms with Gasteiger partial charge in [-0.25, -0.2) is 4.39 Å². The lowest BCUT2D eigenvalue weighted by Crippen LogP contribution is -2.37. The van der Waals surface area contributed by atoms with E-state index in [0.717, 1.165) is 27.7 Å². The third-order valence-corrected chi connectivity index (χ3v) is 5.62. The van der Waals surface area contributed by atoms with Crippen molar-refractivity contribution in [3.05, 3.63) is 76.6 Å². The molecule has 0 saturated carbocycles. The van der Waals surface area contributed by atoms with Gasteiger partial charge in [-0.3, -0.25) is 19.3 Å². The molecule has 0 radical (unpaired) electrons. The first kappa shape index (κ1) is 19.9. The number of aromatic nitrogens is 1. The van der Waals surface area contributed by atoms with Crippen LogP contribution in [0.5, 0.6) is 0 Å². The highest BCUT2D eigenvalue weighted by molar-refractivity contribution is 8.18. The predicted octanol–water partition coefficient (Wildman–Crippen LogP) is 3.70. The van der Waals surface area contributed by atoms with Crippen molar-refractivity contribution in [3.63, 3.8) is 0 Å². The number of rotatable bonds is 6. The van der Waals surface area contributed by atoms with Crippen molar-refractivity contribution in [1.82, 2.24) is 15.2 Å². The molecule has 0 atom stereocenters. The number of benzene rings is 2. The lowest BCUT2D eigenvalue weighted by Gasteiger charge is -2.13. The van der Waals surface area contributed by atoms with Crippen LogP contribution in [0, 0.1) is 5.82 Å². The maximum absolute atomic E-state index is 13.5. The summed E-state index contributed by atoms with van der Waals surface area (Å²) in [5.41, 5.74) is 2.27. The third kappa shape index (κ3) is 4.28. The van der Waals surface area contributed by atoms with Crippen LogP contribution >= 0.6 is 11.8 Å². The van der Waals surface area contributed by atoms with Crippen molar-refractivity contribution in [2.45, 2.75) is 6.42 Å². The molecule has 3 amide bonds. The summed E-state index contributed by atoms with van der Waals surface area (Å²) in [6.45, 7) is 0.233. The van der Waals surface area contributed by atoms with Crippen LogP contribution < -0.4 is 5.32 Å². The van der Waals surface area contributed by atoms with E-state index in [9.17, 15) is 18.8 Å². The van der Waals surface area contributed by atoms with Crippen molar-refractivity contribution in [2.75, 3.05) is 13.1 Å². The fraction of sp³-hybridized carbons (Fsp3) is 0.136. The van der Waals surface area contributed by atoms with Gasteiger partial charge >= 0.3 is 0 Å². The monoisotopic (exact) mass is 423 g/mol. The van der Waals surface area contributed by atoms with E-state index in [1.54, 1.807) is 18.3 Å². The van der Waals surface area contributed by atoms with Gasteiger partial charge in [-0.15, -0.1) is 0 Å². The van der Waals surface area contributed by atoms with Crippen molar-refractivity contribution < 1.29 is 18.8 Å². The summed E-state index contributed by atoms with van der Waals surface area (Å²) in [6, 6.07) is 13.6. The zero-order chi connectivity index (χ0) is 21.1. The first-order chi connectivity index (χ1) is 14.5. The molecule has 3 aromatic rings. The summed E-state index contributed by atoms with van der Waals surface area (Å²) in [4.78, 5) is 41.4. The Morgan fingerprint density at radius 1 is 1.17 bits per heavy atom. The number of hydrogen-bond donors (Lipinski definition) is 2. The Bertz CT molecular complexity index is 1160. The van der Waals surface area contributed by atoms with Gasteiger partial charge in [0, 0.05) is 30.2 Å². The molecule has 6 nitrogen and oxygen atoms in total. The lowest BCUT2D eigenvalue weighted by molar-refractivity contribution is -0.124. The Labute approximate surface area is 176 Å². The van der Waals surface area contributed by atoms with E-state index >= 15 is 0 Å². The molecule has 0 bridgehead atoms. The van der Waals surface area contributed by atoms with Crippen molar-refractivity contribution in [2.24, 2.45) is 0 Å². The number of halogens is 1. The molecule has 4 rings (SSSR count). The van der Waals surface area contributed by atoms with E-state index in [2.05, 4.69) is 10.3 Å². The topological polar surface area (TPSA) is 82.3 Å². The molecule has 0 aliphatic carbocycles. The van der Waals surface area contributed by atoms with Gasteiger partial charge in [-0.1, -0.05) is 30.3 Å². The molecular weight excluding hydrogens is 405 g/mol. The molecule has 8 heteroatoms. The van der Waals surface area contributed by atoms with Crippen LogP contribution in [0.15, 0.2) is 59.6 Å². The van der Waals surface area contributed by atoms with Crippen LogP contribution in [0.25, 0.3) is 17.0 Å². The molecule has 2 aromatic carbocycles. The van der Waals surface area contributed by atoms with Gasteiger partial charge in [0.25, 0.3) is 11.1 Å². The first-order valence-electron chi connectivity index (χ1n) is 9.34. The van der Waals surface area contributed by atoms with E-state index in [-0.39, 0.29) is 42.4 Å². The van der Waals surface area contributed by atoms with Gasteiger partial charge in [-0.05, 0) is 47.2 Å². The van der Waals surface area contributed by atoms with E-state index in [1.807, 2.05) is 30.3 Å². The number of aromatic amines is 1. The highest BCUT2D eigenvalue weighted by atomic mass is 32.2. The molecular formula is C22H18FN3O3S. The number of fused-ring (bicyclic) bond motifs is 1. The zero-order valence-corrected chi connectivity index (χ0v) is 16.7. The predicted molar refractivity (Wildman–Crippen MR) is 114 cm³/mol. The third-order valence-electron chi connectivity index (χ3n) is 4.71. The van der Waals surface area contributed by atoms with Crippen molar-refractivity contribution in [1.29, 1.82) is 0 Å². The van der Waals surface area contributed by atoms with Crippen LogP contribution in [0.1, 0.15) is 11.1 Å². The molecule has 152 valence electrons. The minimum absolute atomic E-state index is 0.0687. The van der Waals surface area contributed by atoms with Crippen LogP contribution in [0.3, 0.4) is 0 Å². The Morgan fingerprint density at radius 3 is 2.77 bits per heavy atom. The second-order valence-electron chi connectivity index (χ2n) is 6.77. The van der Waals surface area contributed by atoms with Crippen LogP contribution in [-0.4, -0.2) is 40.0 Å². The van der Waals surface area contributed by atoms with Crippen molar-refractivity contribution in [3.8, 4) is 0 Å². The average molecular weight is 423 g/mol. The minimum atomic E-state index is -0.369. The Hall–Kier alpha value is -3.39. The molecule has 0 unspecified atom stereocenters. The Kier molecular flexibility index (Phi) is 5.67. The number of carbonyl (C=O) groups excluding carboxylic acids is 3. The fourth-order valence-electron chi connectivity index (χ4n) is 3.23. The molecule has 1 aliphatic heterocycles. The number of carbonyl (C=O) groups is 3. The quantitative estimate of drug-likeness (QED) is 0.593. The number of amides is 3. The highest BCUT2D eigenvalue weighted by Crippen LogP contribution is 2.31. The Balaban J connectivity index is 1.33. The summed E-state index contributed by atoms with van der Waals surface area (Å²) in [7, 11) is 0. The van der Waals surface area contributed by atoms with E-state index in [4.69, 9.17) is 0 Å². The Morgan fingerprint density at radius 2 is 1.97 bits per heavy atom. The summed E-state index contributed by atoms with van der Waals surface area (Å²) in [6.07, 6.45) is 3.42. The highest BCUT2D eigenvalue weighted by Gasteiger charge is 2.34. The number of H-pyrrole nitrogens is 1. The van der Waals surface area contributed by atoms with Gasteiger partial charge < -0.3 is 10.3 Å². The first-order valence-corrected chi connectivity index (χ1v) is 10.2. The van der Waals surface area contributed by atoms with E-state index in [0.29, 0.717) is 15.9 Å². The maximum atomic E-state index is 13.5. The van der Waals surface area contributed by atoms with Crippen molar-refractivity contribution >= 4 is 45.8 Å².